The molecule has 0 aliphatic rings. The second-order valence-electron chi connectivity index (χ2n) is 4.55. The van der Waals surface area contributed by atoms with Gasteiger partial charge in [0.15, 0.2) is 0 Å². The molecule has 0 aliphatic heterocycles. The van der Waals surface area contributed by atoms with E-state index >= 15 is 0 Å². The highest BCUT2D eigenvalue weighted by atomic mass is 79.9. The Morgan fingerprint density at radius 1 is 1.05 bits per heavy atom. The predicted molar refractivity (Wildman–Crippen MR) is 85.1 cm³/mol. The minimum absolute atomic E-state index is 0.292. The zero-order valence-corrected chi connectivity index (χ0v) is 13.4. The molecule has 0 bridgehead atoms. The Hall–Kier alpha value is -0.950. The highest BCUT2D eigenvalue weighted by molar-refractivity contribution is 9.10. The minimum atomic E-state index is -3.44. The Balaban J connectivity index is 2.21. The third-order valence-electron chi connectivity index (χ3n) is 3.01. The number of rotatable bonds is 6. The van der Waals surface area contributed by atoms with Crippen molar-refractivity contribution in [1.29, 1.82) is 0 Å². The number of unbranched alkanes of at least 4 members (excludes halogenated alkanes) is 1. The highest BCUT2D eigenvalue weighted by Crippen LogP contribution is 2.22. The Morgan fingerprint density at radius 3 is 2.50 bits per heavy atom. The second-order valence-corrected chi connectivity index (χ2v) is 7.23. The van der Waals surface area contributed by atoms with Gasteiger partial charge >= 0.3 is 0 Å². The highest BCUT2D eigenvalue weighted by Gasteiger charge is 2.13. The molecule has 0 fully saturated rings. The monoisotopic (exact) mass is 356 g/mol. The quantitative estimate of drug-likeness (QED) is 0.781. The summed E-state index contributed by atoms with van der Waals surface area (Å²) in [7, 11) is -3.44. The maximum Gasteiger partial charge on any atom is 0.240 e. The standard InChI is InChI=1S/C14H17BrN2O2S/c15-13-5-3-12-10-14(6-4-11(12)9-13)20(18,19)17-8-2-1-7-16/h3-6,9-10,17H,1-2,7-8,16H2. The molecule has 2 rings (SSSR count). The van der Waals surface area contributed by atoms with Crippen LogP contribution in [0.4, 0.5) is 0 Å². The molecule has 0 aromatic heterocycles. The number of sulfonamides is 1. The lowest BCUT2D eigenvalue weighted by Gasteiger charge is -2.07. The number of hydrogen-bond acceptors (Lipinski definition) is 3. The average molecular weight is 357 g/mol. The SMILES string of the molecule is NCCCCNS(=O)(=O)c1ccc2cc(Br)ccc2c1. The molecule has 0 saturated carbocycles. The Bertz CT molecular complexity index is 701. The fourth-order valence-electron chi connectivity index (χ4n) is 1.92. The van der Waals surface area contributed by atoms with Crippen LogP contribution in [0.1, 0.15) is 12.8 Å². The summed E-state index contributed by atoms with van der Waals surface area (Å²) >= 11 is 3.40. The largest absolute Gasteiger partial charge is 0.330 e. The first kappa shape index (κ1) is 15.4. The van der Waals surface area contributed by atoms with Crippen LogP contribution < -0.4 is 10.5 Å². The van der Waals surface area contributed by atoms with Crippen molar-refractivity contribution in [2.24, 2.45) is 5.73 Å². The average Bonchev–Trinajstić information content (AvgIpc) is 2.43. The summed E-state index contributed by atoms with van der Waals surface area (Å²) in [6.45, 7) is 0.991. The topological polar surface area (TPSA) is 72.2 Å². The van der Waals surface area contributed by atoms with Gasteiger partial charge in [0.25, 0.3) is 0 Å². The molecular formula is C14H17BrN2O2S. The minimum Gasteiger partial charge on any atom is -0.330 e. The summed E-state index contributed by atoms with van der Waals surface area (Å²) < 4.78 is 27.9. The van der Waals surface area contributed by atoms with Crippen molar-refractivity contribution < 1.29 is 8.42 Å². The van der Waals surface area contributed by atoms with Gasteiger partial charge in [-0.25, -0.2) is 13.1 Å². The molecular weight excluding hydrogens is 340 g/mol. The smallest absolute Gasteiger partial charge is 0.240 e. The molecule has 0 heterocycles. The van der Waals surface area contributed by atoms with Crippen molar-refractivity contribution in [1.82, 2.24) is 4.72 Å². The van der Waals surface area contributed by atoms with E-state index in [0.717, 1.165) is 28.1 Å². The van der Waals surface area contributed by atoms with Crippen molar-refractivity contribution >= 4 is 36.7 Å². The van der Waals surface area contributed by atoms with Gasteiger partial charge in [0.05, 0.1) is 4.90 Å². The molecule has 0 atom stereocenters. The zero-order chi connectivity index (χ0) is 14.6. The first-order valence-electron chi connectivity index (χ1n) is 6.42. The fraction of sp³-hybridized carbons (Fsp3) is 0.286. The lowest BCUT2D eigenvalue weighted by atomic mass is 10.1. The van der Waals surface area contributed by atoms with E-state index in [2.05, 4.69) is 20.7 Å². The molecule has 2 aromatic carbocycles. The molecule has 0 saturated heterocycles. The van der Waals surface area contributed by atoms with Crippen LogP contribution in [0.15, 0.2) is 45.8 Å². The first-order chi connectivity index (χ1) is 9.53. The van der Waals surface area contributed by atoms with E-state index in [9.17, 15) is 8.42 Å². The van der Waals surface area contributed by atoms with Crippen LogP contribution in [-0.2, 0) is 10.0 Å². The van der Waals surface area contributed by atoms with Crippen LogP contribution in [0.3, 0.4) is 0 Å². The van der Waals surface area contributed by atoms with E-state index < -0.39 is 10.0 Å². The van der Waals surface area contributed by atoms with E-state index in [4.69, 9.17) is 5.73 Å². The molecule has 0 aliphatic carbocycles. The molecule has 0 unspecified atom stereocenters. The molecule has 3 N–H and O–H groups in total. The van der Waals surface area contributed by atoms with Gasteiger partial charge in [0.2, 0.25) is 10.0 Å². The van der Waals surface area contributed by atoms with Gasteiger partial charge in [-0.05, 0) is 54.4 Å². The first-order valence-corrected chi connectivity index (χ1v) is 8.69. The molecule has 0 spiro atoms. The number of fused-ring (bicyclic) bond motifs is 1. The van der Waals surface area contributed by atoms with Crippen LogP contribution in [0, 0.1) is 0 Å². The molecule has 0 amide bonds. The van der Waals surface area contributed by atoms with E-state index in [0.29, 0.717) is 18.0 Å². The Labute approximate surface area is 127 Å². The number of halogens is 1. The number of nitrogens with two attached hydrogens (primary N) is 1. The van der Waals surface area contributed by atoms with Crippen LogP contribution in [0.2, 0.25) is 0 Å². The predicted octanol–water partition coefficient (Wildman–Crippen LogP) is 2.62. The number of benzene rings is 2. The summed E-state index contributed by atoms with van der Waals surface area (Å²) in [5, 5.41) is 1.90. The van der Waals surface area contributed by atoms with Crippen LogP contribution >= 0.6 is 15.9 Å². The number of nitrogens with one attached hydrogen (secondary N) is 1. The summed E-state index contributed by atoms with van der Waals surface area (Å²) in [5.74, 6) is 0. The van der Waals surface area contributed by atoms with E-state index in [1.807, 2.05) is 24.3 Å². The molecule has 108 valence electrons. The van der Waals surface area contributed by atoms with Gasteiger partial charge in [-0.1, -0.05) is 28.1 Å². The van der Waals surface area contributed by atoms with Gasteiger partial charge in [-0.15, -0.1) is 0 Å². The molecule has 20 heavy (non-hydrogen) atoms. The van der Waals surface area contributed by atoms with Crippen molar-refractivity contribution in [3.63, 3.8) is 0 Å². The fourth-order valence-corrected chi connectivity index (χ4v) is 3.41. The second kappa shape index (κ2) is 6.67. The van der Waals surface area contributed by atoms with Gasteiger partial charge in [-0.2, -0.15) is 0 Å². The third kappa shape index (κ3) is 3.79. The summed E-state index contributed by atoms with van der Waals surface area (Å²) in [6, 6.07) is 10.9. The maximum absolute atomic E-state index is 12.2. The molecule has 4 nitrogen and oxygen atoms in total. The summed E-state index contributed by atoms with van der Waals surface area (Å²) in [4.78, 5) is 0.292. The van der Waals surface area contributed by atoms with Crippen LogP contribution in [-0.4, -0.2) is 21.5 Å². The van der Waals surface area contributed by atoms with Gasteiger partial charge in [0, 0.05) is 11.0 Å². The normalized spacial score (nSPS) is 11.9. The molecule has 2 aromatic rings. The molecule has 0 radical (unpaired) electrons. The van der Waals surface area contributed by atoms with Crippen molar-refractivity contribution in [2.45, 2.75) is 17.7 Å². The van der Waals surface area contributed by atoms with Crippen LogP contribution in [0.5, 0.6) is 0 Å². The van der Waals surface area contributed by atoms with Crippen molar-refractivity contribution in [3.05, 3.63) is 40.9 Å². The van der Waals surface area contributed by atoms with Gasteiger partial charge in [0.1, 0.15) is 0 Å². The van der Waals surface area contributed by atoms with E-state index in [1.165, 1.54) is 0 Å². The van der Waals surface area contributed by atoms with E-state index in [1.54, 1.807) is 12.1 Å². The number of hydrogen-bond donors (Lipinski definition) is 2. The van der Waals surface area contributed by atoms with Gasteiger partial charge in [-0.3, -0.25) is 0 Å². The van der Waals surface area contributed by atoms with Crippen molar-refractivity contribution in [3.8, 4) is 0 Å². The van der Waals surface area contributed by atoms with Crippen molar-refractivity contribution in [2.75, 3.05) is 13.1 Å². The van der Waals surface area contributed by atoms with Crippen LogP contribution in [0.25, 0.3) is 10.8 Å². The summed E-state index contributed by atoms with van der Waals surface area (Å²) in [5.41, 5.74) is 5.38. The maximum atomic E-state index is 12.2. The zero-order valence-electron chi connectivity index (χ0n) is 11.0. The third-order valence-corrected chi connectivity index (χ3v) is 4.96. The Morgan fingerprint density at radius 2 is 1.75 bits per heavy atom. The lowest BCUT2D eigenvalue weighted by Crippen LogP contribution is -2.25. The Kier molecular flexibility index (Phi) is 5.15. The lowest BCUT2D eigenvalue weighted by molar-refractivity contribution is 0.577. The molecule has 6 heteroatoms. The summed E-state index contributed by atoms with van der Waals surface area (Å²) in [6.07, 6.45) is 1.56. The van der Waals surface area contributed by atoms with Gasteiger partial charge < -0.3 is 5.73 Å². The van der Waals surface area contributed by atoms with E-state index in [-0.39, 0.29) is 0 Å².